The van der Waals surface area contributed by atoms with E-state index >= 15 is 0 Å². The van der Waals surface area contributed by atoms with E-state index in [2.05, 4.69) is 10.1 Å². The molecule has 0 bridgehead atoms. The molecule has 3 aliphatic rings. The number of nitrogens with zero attached hydrogens (tertiary/aromatic N) is 3. The molecule has 10 heteroatoms. The number of ketones is 1. The van der Waals surface area contributed by atoms with Gasteiger partial charge in [-0.2, -0.15) is 0 Å². The molecule has 0 spiro atoms. The number of carboxylic acids is 1. The normalized spacial score (nSPS) is 23.6. The zero-order valence-corrected chi connectivity index (χ0v) is 22.2. The van der Waals surface area contributed by atoms with Crippen molar-refractivity contribution >= 4 is 34.3 Å². The Morgan fingerprint density at radius 2 is 1.93 bits per heavy atom. The lowest BCUT2D eigenvalue weighted by atomic mass is 9.79. The van der Waals surface area contributed by atoms with Crippen LogP contribution < -0.4 is 4.90 Å². The molecule has 41 heavy (non-hydrogen) atoms. The van der Waals surface area contributed by atoms with E-state index in [1.54, 1.807) is 25.1 Å². The number of halogens is 2. The number of hydrogen-bond acceptors (Lipinski definition) is 7. The molecular weight excluding hydrogens is 532 g/mol. The van der Waals surface area contributed by atoms with E-state index in [0.717, 1.165) is 11.3 Å². The number of Topliss-reactive ketones (excluding diaryl/α,β-unsaturated/α-hetero) is 1. The van der Waals surface area contributed by atoms with Crippen LogP contribution in [0.2, 0.25) is 0 Å². The van der Waals surface area contributed by atoms with Crippen molar-refractivity contribution in [3.05, 3.63) is 95.6 Å². The van der Waals surface area contributed by atoms with Gasteiger partial charge in [-0.25, -0.2) is 13.8 Å². The first-order valence-electron chi connectivity index (χ1n) is 13.4. The summed E-state index contributed by atoms with van der Waals surface area (Å²) >= 11 is 0. The first-order chi connectivity index (χ1) is 19.7. The second kappa shape index (κ2) is 10.4. The molecule has 1 aromatic heterocycles. The number of rotatable bonds is 8. The van der Waals surface area contributed by atoms with Gasteiger partial charge in [-0.3, -0.25) is 9.59 Å². The van der Waals surface area contributed by atoms with Gasteiger partial charge in [0.15, 0.2) is 11.4 Å². The van der Waals surface area contributed by atoms with E-state index in [4.69, 9.17) is 14.4 Å². The fourth-order valence-electron chi connectivity index (χ4n) is 5.47. The van der Waals surface area contributed by atoms with Crippen molar-refractivity contribution in [2.45, 2.75) is 50.7 Å². The van der Waals surface area contributed by atoms with Crippen LogP contribution in [0.1, 0.15) is 44.9 Å². The van der Waals surface area contributed by atoms with Gasteiger partial charge < -0.3 is 19.3 Å². The van der Waals surface area contributed by atoms with Crippen LogP contribution in [0, 0.1) is 17.6 Å². The Kier molecular flexibility index (Phi) is 6.76. The SMILES string of the molecule is CC1(c2nc3ccc(F)cc3o2)CC(C2C=CC3=CN(c4ccc(F)cc4)C(CCCCC(=O)O)C=C3C2=O)=NO1. The molecule has 3 unspecified atom stereocenters. The summed E-state index contributed by atoms with van der Waals surface area (Å²) in [6.45, 7) is 1.76. The highest BCUT2D eigenvalue weighted by Crippen LogP contribution is 2.40. The summed E-state index contributed by atoms with van der Waals surface area (Å²) in [4.78, 5) is 37.0. The number of benzene rings is 2. The summed E-state index contributed by atoms with van der Waals surface area (Å²) in [6.07, 6.45) is 9.53. The van der Waals surface area contributed by atoms with Crippen LogP contribution in [0.5, 0.6) is 0 Å². The first-order valence-corrected chi connectivity index (χ1v) is 13.4. The minimum absolute atomic E-state index is 0.0677. The molecule has 8 nitrogen and oxygen atoms in total. The van der Waals surface area contributed by atoms with Crippen molar-refractivity contribution in [1.29, 1.82) is 0 Å². The predicted octanol–water partition coefficient (Wildman–Crippen LogP) is 6.20. The third-order valence-electron chi connectivity index (χ3n) is 7.63. The summed E-state index contributed by atoms with van der Waals surface area (Å²) < 4.78 is 33.0. The number of carbonyl (C=O) groups is 2. The molecule has 0 fully saturated rings. The van der Waals surface area contributed by atoms with Crippen LogP contribution in [-0.2, 0) is 20.0 Å². The lowest BCUT2D eigenvalue weighted by Gasteiger charge is -2.35. The summed E-state index contributed by atoms with van der Waals surface area (Å²) in [5.41, 5.74) is 2.31. The molecule has 1 N–H and O–H groups in total. The van der Waals surface area contributed by atoms with Crippen molar-refractivity contribution in [3.8, 4) is 0 Å². The van der Waals surface area contributed by atoms with E-state index in [1.165, 1.54) is 30.3 Å². The van der Waals surface area contributed by atoms with E-state index < -0.39 is 23.3 Å². The first kappa shape index (κ1) is 26.6. The van der Waals surface area contributed by atoms with Gasteiger partial charge in [0.05, 0.1) is 17.7 Å². The van der Waals surface area contributed by atoms with Crippen LogP contribution in [0.15, 0.2) is 87.6 Å². The number of unbranched alkanes of at least 4 members (excludes halogenated alkanes) is 1. The van der Waals surface area contributed by atoms with Crippen molar-refractivity contribution in [2.75, 3.05) is 4.90 Å². The van der Waals surface area contributed by atoms with Gasteiger partial charge in [0, 0.05) is 41.9 Å². The number of aromatic nitrogens is 1. The molecule has 2 aromatic carbocycles. The van der Waals surface area contributed by atoms with Gasteiger partial charge in [0.1, 0.15) is 17.2 Å². The average molecular weight is 560 g/mol. The molecule has 0 radical (unpaired) electrons. The molecule has 3 atom stereocenters. The van der Waals surface area contributed by atoms with E-state index in [-0.39, 0.29) is 36.4 Å². The molecule has 3 heterocycles. The molecule has 2 aliphatic heterocycles. The van der Waals surface area contributed by atoms with Crippen LogP contribution in [0.3, 0.4) is 0 Å². The maximum absolute atomic E-state index is 13.8. The Balaban J connectivity index is 1.25. The molecule has 3 aromatic rings. The van der Waals surface area contributed by atoms with E-state index in [9.17, 15) is 18.4 Å². The monoisotopic (exact) mass is 559 g/mol. The topological polar surface area (TPSA) is 105 Å². The third-order valence-corrected chi connectivity index (χ3v) is 7.63. The number of oxime groups is 1. The maximum Gasteiger partial charge on any atom is 0.303 e. The molecular formula is C31H27F2N3O5. The maximum atomic E-state index is 13.8. The standard InChI is InChI=1S/C31H27F2N3O5/c1-31(30-34-25-13-9-20(33)14-27(25)40-30)16-26(35-41-31)23-12-6-18-17-36(21-10-7-19(32)8-11-21)22(15-24(18)29(23)39)4-2-3-5-28(37)38/h6-15,17,22-23H,2-5,16H2,1H3,(H,37,38). The molecule has 0 saturated carbocycles. The number of allylic oxidation sites excluding steroid dienone is 4. The van der Waals surface area contributed by atoms with Crippen molar-refractivity contribution in [1.82, 2.24) is 4.98 Å². The third kappa shape index (κ3) is 5.17. The lowest BCUT2D eigenvalue weighted by Crippen LogP contribution is -2.37. The second-order valence-electron chi connectivity index (χ2n) is 10.7. The Morgan fingerprint density at radius 3 is 2.71 bits per heavy atom. The zero-order valence-electron chi connectivity index (χ0n) is 22.2. The van der Waals surface area contributed by atoms with Crippen LogP contribution in [0.4, 0.5) is 14.5 Å². The number of aliphatic carboxylic acids is 1. The van der Waals surface area contributed by atoms with Crippen LogP contribution in [-0.4, -0.2) is 33.6 Å². The summed E-state index contributed by atoms with van der Waals surface area (Å²) in [6, 6.07) is 10.00. The Labute approximate surface area is 234 Å². The minimum atomic E-state index is -1.05. The number of carbonyl (C=O) groups excluding carboxylic acids is 1. The number of anilines is 1. The van der Waals surface area contributed by atoms with Crippen molar-refractivity contribution in [3.63, 3.8) is 0 Å². The quantitative estimate of drug-likeness (QED) is 0.328. The second-order valence-corrected chi connectivity index (χ2v) is 10.7. The smallest absolute Gasteiger partial charge is 0.303 e. The Bertz CT molecular complexity index is 1660. The highest BCUT2D eigenvalue weighted by Gasteiger charge is 2.45. The Hall–Kier alpha value is -4.60. The van der Waals surface area contributed by atoms with Gasteiger partial charge in [0.2, 0.25) is 11.5 Å². The number of oxazole rings is 1. The predicted molar refractivity (Wildman–Crippen MR) is 147 cm³/mol. The van der Waals surface area contributed by atoms with E-state index in [0.29, 0.717) is 41.6 Å². The van der Waals surface area contributed by atoms with Crippen molar-refractivity contribution in [2.24, 2.45) is 11.1 Å². The van der Waals surface area contributed by atoms with Crippen LogP contribution >= 0.6 is 0 Å². The molecule has 0 amide bonds. The van der Waals surface area contributed by atoms with E-state index in [1.807, 2.05) is 23.3 Å². The molecule has 6 rings (SSSR count). The number of fused-ring (bicyclic) bond motifs is 2. The van der Waals surface area contributed by atoms with Crippen LogP contribution in [0.25, 0.3) is 11.1 Å². The minimum Gasteiger partial charge on any atom is -0.481 e. The summed E-state index contributed by atoms with van der Waals surface area (Å²) in [5.74, 6) is -2.16. The summed E-state index contributed by atoms with van der Waals surface area (Å²) in [7, 11) is 0. The Morgan fingerprint density at radius 1 is 1.15 bits per heavy atom. The molecule has 1 aliphatic carbocycles. The van der Waals surface area contributed by atoms with Gasteiger partial charge in [-0.1, -0.05) is 29.8 Å². The highest BCUT2D eigenvalue weighted by molar-refractivity contribution is 6.17. The zero-order chi connectivity index (χ0) is 28.7. The van der Waals surface area contributed by atoms with Crippen molar-refractivity contribution < 1.29 is 32.7 Å². The lowest BCUT2D eigenvalue weighted by molar-refractivity contribution is -0.137. The van der Waals surface area contributed by atoms with Gasteiger partial charge >= 0.3 is 5.97 Å². The fourth-order valence-corrected chi connectivity index (χ4v) is 5.47. The van der Waals surface area contributed by atoms with Gasteiger partial charge in [0.25, 0.3) is 0 Å². The molecule has 210 valence electrons. The number of carboxylic acid groups (broad SMARTS) is 1. The fraction of sp³-hybridized carbons (Fsp3) is 0.290. The summed E-state index contributed by atoms with van der Waals surface area (Å²) in [5, 5.41) is 13.3. The molecule has 0 saturated heterocycles. The number of hydrogen-bond donors (Lipinski definition) is 1. The van der Waals surface area contributed by atoms with Gasteiger partial charge in [-0.15, -0.1) is 0 Å². The van der Waals surface area contributed by atoms with Gasteiger partial charge in [-0.05, 0) is 56.2 Å². The largest absolute Gasteiger partial charge is 0.481 e. The highest BCUT2D eigenvalue weighted by atomic mass is 19.1. The average Bonchev–Trinajstić information content (AvgIpc) is 3.56.